The number of nitrogens with one attached hydrogen (secondary N) is 2. The summed E-state index contributed by atoms with van der Waals surface area (Å²) in [4.78, 5) is 23.7. The predicted octanol–water partition coefficient (Wildman–Crippen LogP) is 3.33. The predicted molar refractivity (Wildman–Crippen MR) is 109 cm³/mol. The first-order valence-corrected chi connectivity index (χ1v) is 9.94. The molecule has 2 aromatic rings. The van der Waals surface area contributed by atoms with Crippen molar-refractivity contribution in [3.63, 3.8) is 0 Å². The van der Waals surface area contributed by atoms with E-state index in [9.17, 15) is 18.4 Å². The fourth-order valence-electron chi connectivity index (χ4n) is 2.34. The first-order chi connectivity index (χ1) is 14.0. The summed E-state index contributed by atoms with van der Waals surface area (Å²) in [5, 5.41) is 5.50. The maximum Gasteiger partial charge on any atom is 0.387 e. The van der Waals surface area contributed by atoms with Crippen molar-refractivity contribution in [3.8, 4) is 11.5 Å². The van der Waals surface area contributed by atoms with Gasteiger partial charge in [-0.2, -0.15) is 8.78 Å². The Morgan fingerprint density at radius 1 is 0.966 bits per heavy atom. The lowest BCUT2D eigenvalue weighted by atomic mass is 10.1. The van der Waals surface area contributed by atoms with Crippen LogP contribution in [-0.2, 0) is 16.0 Å². The zero-order valence-corrected chi connectivity index (χ0v) is 16.6. The Hall–Kier alpha value is -2.81. The second-order valence-corrected chi connectivity index (χ2v) is 6.88. The van der Waals surface area contributed by atoms with Crippen LogP contribution in [0.25, 0.3) is 0 Å². The third-order valence-electron chi connectivity index (χ3n) is 3.72. The lowest BCUT2D eigenvalue weighted by molar-refractivity contribution is -0.118. The highest BCUT2D eigenvalue weighted by Gasteiger charge is 2.07. The topological polar surface area (TPSA) is 76.7 Å². The number of carbonyl (C=O) groups excluding carboxylic acids is 2. The number of anilines is 1. The van der Waals surface area contributed by atoms with Crippen molar-refractivity contribution in [1.29, 1.82) is 0 Å². The van der Waals surface area contributed by atoms with Crippen molar-refractivity contribution in [2.24, 2.45) is 0 Å². The van der Waals surface area contributed by atoms with E-state index in [1.807, 2.05) is 0 Å². The summed E-state index contributed by atoms with van der Waals surface area (Å²) in [6.45, 7) is -2.44. The van der Waals surface area contributed by atoms with E-state index in [0.717, 1.165) is 5.56 Å². The molecule has 6 nitrogen and oxygen atoms in total. The first-order valence-electron chi connectivity index (χ1n) is 8.78. The third kappa shape index (κ3) is 8.82. The number of rotatable bonds is 11. The van der Waals surface area contributed by atoms with Crippen LogP contribution in [0.5, 0.6) is 11.5 Å². The van der Waals surface area contributed by atoms with E-state index in [1.165, 1.54) is 23.9 Å². The van der Waals surface area contributed by atoms with Gasteiger partial charge in [-0.15, -0.1) is 11.8 Å². The maximum absolute atomic E-state index is 12.1. The van der Waals surface area contributed by atoms with Crippen LogP contribution in [0.3, 0.4) is 0 Å². The van der Waals surface area contributed by atoms with Crippen LogP contribution in [0.15, 0.2) is 48.5 Å². The van der Waals surface area contributed by atoms with Gasteiger partial charge in [0.05, 0.1) is 18.6 Å². The fraction of sp³-hybridized carbons (Fsp3) is 0.300. The summed E-state index contributed by atoms with van der Waals surface area (Å²) in [6.07, 6.45) is 0.559. The molecule has 156 valence electrons. The van der Waals surface area contributed by atoms with Gasteiger partial charge in [0, 0.05) is 12.2 Å². The Kier molecular flexibility index (Phi) is 9.23. The smallest absolute Gasteiger partial charge is 0.387 e. The molecule has 9 heteroatoms. The van der Waals surface area contributed by atoms with E-state index in [-0.39, 0.29) is 29.1 Å². The molecule has 2 rings (SSSR count). The number of hydrogen-bond acceptors (Lipinski definition) is 5. The highest BCUT2D eigenvalue weighted by molar-refractivity contribution is 8.00. The van der Waals surface area contributed by atoms with Gasteiger partial charge in [-0.25, -0.2) is 0 Å². The van der Waals surface area contributed by atoms with Gasteiger partial charge in [-0.3, -0.25) is 9.59 Å². The molecule has 0 heterocycles. The van der Waals surface area contributed by atoms with Gasteiger partial charge in [0.15, 0.2) is 0 Å². The minimum absolute atomic E-state index is 0.0945. The molecule has 0 aliphatic carbocycles. The van der Waals surface area contributed by atoms with Gasteiger partial charge in [0.2, 0.25) is 11.8 Å². The SMILES string of the molecule is COc1ccc(NC(=O)CSCC(=O)NCCc2ccc(OC(F)F)cc2)cc1. The number of carbonyl (C=O) groups is 2. The van der Waals surface area contributed by atoms with Gasteiger partial charge in [0.1, 0.15) is 11.5 Å². The number of methoxy groups -OCH3 is 1. The summed E-state index contributed by atoms with van der Waals surface area (Å²) < 4.78 is 33.5. The van der Waals surface area contributed by atoms with Crippen molar-refractivity contribution in [2.75, 3.05) is 30.5 Å². The molecule has 0 fully saturated rings. The number of ether oxygens (including phenoxy) is 2. The number of alkyl halides is 2. The number of hydrogen-bond donors (Lipinski definition) is 2. The van der Waals surface area contributed by atoms with Crippen LogP contribution in [0.2, 0.25) is 0 Å². The number of thioether (sulfide) groups is 1. The molecule has 2 aromatic carbocycles. The monoisotopic (exact) mass is 424 g/mol. The maximum atomic E-state index is 12.1. The summed E-state index contributed by atoms with van der Waals surface area (Å²) in [5.74, 6) is 0.745. The highest BCUT2D eigenvalue weighted by atomic mass is 32.2. The second-order valence-electron chi connectivity index (χ2n) is 5.89. The Morgan fingerprint density at radius 2 is 1.59 bits per heavy atom. The summed E-state index contributed by atoms with van der Waals surface area (Å²) >= 11 is 1.21. The molecule has 0 spiro atoms. The van der Waals surface area contributed by atoms with E-state index in [4.69, 9.17) is 4.74 Å². The van der Waals surface area contributed by atoms with Crippen LogP contribution in [0.1, 0.15) is 5.56 Å². The van der Waals surface area contributed by atoms with Crippen LogP contribution >= 0.6 is 11.8 Å². The average molecular weight is 424 g/mol. The van der Waals surface area contributed by atoms with E-state index >= 15 is 0 Å². The van der Waals surface area contributed by atoms with Gasteiger partial charge in [0.25, 0.3) is 0 Å². The van der Waals surface area contributed by atoms with E-state index in [0.29, 0.717) is 24.4 Å². The van der Waals surface area contributed by atoms with Crippen LogP contribution in [0.4, 0.5) is 14.5 Å². The molecule has 0 atom stereocenters. The Balaban J connectivity index is 1.59. The molecule has 0 unspecified atom stereocenters. The molecular weight excluding hydrogens is 402 g/mol. The first kappa shape index (κ1) is 22.5. The summed E-state index contributed by atoms with van der Waals surface area (Å²) in [6, 6.07) is 13.2. The lowest BCUT2D eigenvalue weighted by Crippen LogP contribution is -2.28. The van der Waals surface area contributed by atoms with Gasteiger partial charge in [-0.1, -0.05) is 12.1 Å². The molecule has 2 amide bonds. The Labute approximate surface area is 172 Å². The minimum atomic E-state index is -2.85. The third-order valence-corrected chi connectivity index (χ3v) is 4.66. The van der Waals surface area contributed by atoms with E-state index in [1.54, 1.807) is 43.5 Å². The van der Waals surface area contributed by atoms with Gasteiger partial charge in [-0.05, 0) is 48.4 Å². The number of halogens is 2. The minimum Gasteiger partial charge on any atom is -0.497 e. The normalized spacial score (nSPS) is 10.5. The molecule has 0 bridgehead atoms. The zero-order chi connectivity index (χ0) is 21.1. The average Bonchev–Trinajstić information content (AvgIpc) is 2.69. The summed E-state index contributed by atoms with van der Waals surface area (Å²) in [7, 11) is 1.57. The van der Waals surface area contributed by atoms with Crippen molar-refractivity contribution in [2.45, 2.75) is 13.0 Å². The highest BCUT2D eigenvalue weighted by Crippen LogP contribution is 2.16. The molecule has 2 N–H and O–H groups in total. The molecule has 0 aromatic heterocycles. The van der Waals surface area contributed by atoms with Crippen LogP contribution < -0.4 is 20.1 Å². The quantitative estimate of drug-likeness (QED) is 0.579. The fourth-order valence-corrected chi connectivity index (χ4v) is 2.99. The van der Waals surface area contributed by atoms with Crippen LogP contribution in [0, 0.1) is 0 Å². The Morgan fingerprint density at radius 3 is 2.21 bits per heavy atom. The molecule has 0 saturated carbocycles. The van der Waals surface area contributed by atoms with Gasteiger partial charge < -0.3 is 20.1 Å². The number of amides is 2. The molecule has 0 radical (unpaired) electrons. The second kappa shape index (κ2) is 11.9. The van der Waals surface area contributed by atoms with Crippen molar-refractivity contribution in [3.05, 3.63) is 54.1 Å². The van der Waals surface area contributed by atoms with Crippen LogP contribution in [-0.4, -0.2) is 43.6 Å². The molecule has 0 aliphatic rings. The van der Waals surface area contributed by atoms with Crippen molar-refractivity contribution in [1.82, 2.24) is 5.32 Å². The van der Waals surface area contributed by atoms with Gasteiger partial charge >= 0.3 is 6.61 Å². The zero-order valence-electron chi connectivity index (χ0n) is 15.8. The lowest BCUT2D eigenvalue weighted by Gasteiger charge is -2.08. The molecule has 29 heavy (non-hydrogen) atoms. The molecular formula is C20H22F2N2O4S. The van der Waals surface area contributed by atoms with Crippen molar-refractivity contribution < 1.29 is 27.8 Å². The largest absolute Gasteiger partial charge is 0.497 e. The van der Waals surface area contributed by atoms with E-state index in [2.05, 4.69) is 15.4 Å². The molecule has 0 saturated heterocycles. The molecule has 0 aliphatic heterocycles. The Bertz CT molecular complexity index is 786. The standard InChI is InChI=1S/C20H22F2N2O4S/c1-27-16-8-4-15(5-9-16)24-19(26)13-29-12-18(25)23-11-10-14-2-6-17(7-3-14)28-20(21)22/h2-9,20H,10-13H2,1H3,(H,23,25)(H,24,26). The summed E-state index contributed by atoms with van der Waals surface area (Å²) in [5.41, 5.74) is 1.55. The van der Waals surface area contributed by atoms with Crippen molar-refractivity contribution >= 4 is 29.3 Å². The van der Waals surface area contributed by atoms with E-state index < -0.39 is 6.61 Å². The number of benzene rings is 2.